The Kier molecular flexibility index (Phi) is 3.32. The number of nitrogens with zero attached hydrogens (tertiary/aromatic N) is 2. The second kappa shape index (κ2) is 4.76. The summed E-state index contributed by atoms with van der Waals surface area (Å²) in [5.74, 6) is -0.888. The van der Waals surface area contributed by atoms with E-state index in [1.165, 1.54) is 13.0 Å². The predicted octanol–water partition coefficient (Wildman–Crippen LogP) is 1.31. The van der Waals surface area contributed by atoms with E-state index in [1.807, 2.05) is 0 Å². The molecule has 1 aromatic carbocycles. The van der Waals surface area contributed by atoms with Crippen LogP contribution < -0.4 is 4.90 Å². The van der Waals surface area contributed by atoms with Crippen molar-refractivity contribution in [1.29, 1.82) is 0 Å². The zero-order valence-corrected chi connectivity index (χ0v) is 10.4. The van der Waals surface area contributed by atoms with Crippen LogP contribution in [0.3, 0.4) is 0 Å². The standard InChI is InChI=1S/C13H15FN2O2/c1-9(17)13-10(14)4-3-5-11(13)16-7-6-15(2)12(18)8-16/h3-5H,6-8H2,1-2H3. The van der Waals surface area contributed by atoms with E-state index in [0.29, 0.717) is 18.8 Å². The van der Waals surface area contributed by atoms with Crippen LogP contribution >= 0.6 is 0 Å². The number of hydrogen-bond donors (Lipinski definition) is 0. The summed E-state index contributed by atoms with van der Waals surface area (Å²) in [6, 6.07) is 4.50. The highest BCUT2D eigenvalue weighted by molar-refractivity contribution is 6.00. The van der Waals surface area contributed by atoms with Crippen LogP contribution in [0.2, 0.25) is 0 Å². The first-order valence-electron chi connectivity index (χ1n) is 5.79. The summed E-state index contributed by atoms with van der Waals surface area (Å²) in [7, 11) is 1.73. The maximum Gasteiger partial charge on any atom is 0.241 e. The SMILES string of the molecule is CC(=O)c1c(F)cccc1N1CCN(C)C(=O)C1. The van der Waals surface area contributed by atoms with Crippen molar-refractivity contribution in [2.45, 2.75) is 6.92 Å². The molecule has 1 aromatic rings. The minimum Gasteiger partial charge on any atom is -0.360 e. The molecule has 1 saturated heterocycles. The molecule has 0 aromatic heterocycles. The van der Waals surface area contributed by atoms with Gasteiger partial charge in [-0.05, 0) is 19.1 Å². The van der Waals surface area contributed by atoms with Gasteiger partial charge in [-0.15, -0.1) is 0 Å². The average molecular weight is 250 g/mol. The highest BCUT2D eigenvalue weighted by atomic mass is 19.1. The summed E-state index contributed by atoms with van der Waals surface area (Å²) in [4.78, 5) is 26.5. The van der Waals surface area contributed by atoms with E-state index in [-0.39, 0.29) is 23.8 Å². The van der Waals surface area contributed by atoms with Crippen molar-refractivity contribution in [2.75, 3.05) is 31.6 Å². The maximum atomic E-state index is 13.7. The number of Topliss-reactive ketones (excluding diaryl/α,β-unsaturated/α-hetero) is 1. The van der Waals surface area contributed by atoms with E-state index >= 15 is 0 Å². The lowest BCUT2D eigenvalue weighted by Crippen LogP contribution is -2.49. The molecule has 1 amide bonds. The van der Waals surface area contributed by atoms with Crippen LogP contribution in [-0.4, -0.2) is 43.3 Å². The van der Waals surface area contributed by atoms with Gasteiger partial charge in [0.05, 0.1) is 17.8 Å². The molecule has 1 aliphatic heterocycles. The quantitative estimate of drug-likeness (QED) is 0.743. The molecule has 4 nitrogen and oxygen atoms in total. The molecule has 96 valence electrons. The van der Waals surface area contributed by atoms with E-state index < -0.39 is 5.82 Å². The Bertz CT molecular complexity index is 502. The van der Waals surface area contributed by atoms with Gasteiger partial charge < -0.3 is 9.80 Å². The van der Waals surface area contributed by atoms with Crippen molar-refractivity contribution in [2.24, 2.45) is 0 Å². The van der Waals surface area contributed by atoms with Gasteiger partial charge in [0, 0.05) is 20.1 Å². The van der Waals surface area contributed by atoms with E-state index in [0.717, 1.165) is 0 Å². The third kappa shape index (κ3) is 2.20. The number of anilines is 1. The molecular weight excluding hydrogens is 235 g/mol. The van der Waals surface area contributed by atoms with Crippen LogP contribution in [0.5, 0.6) is 0 Å². The molecule has 5 heteroatoms. The smallest absolute Gasteiger partial charge is 0.241 e. The third-order valence-corrected chi connectivity index (χ3v) is 3.14. The first-order valence-corrected chi connectivity index (χ1v) is 5.79. The lowest BCUT2D eigenvalue weighted by Gasteiger charge is -2.34. The van der Waals surface area contributed by atoms with E-state index in [4.69, 9.17) is 0 Å². The van der Waals surface area contributed by atoms with Crippen molar-refractivity contribution in [3.63, 3.8) is 0 Å². The Balaban J connectivity index is 2.37. The molecular formula is C13H15FN2O2. The number of carbonyl (C=O) groups is 2. The molecule has 1 aliphatic rings. The van der Waals surface area contributed by atoms with E-state index in [1.54, 1.807) is 29.0 Å². The predicted molar refractivity (Wildman–Crippen MR) is 66.3 cm³/mol. The molecule has 1 heterocycles. The van der Waals surface area contributed by atoms with Crippen molar-refractivity contribution in [1.82, 2.24) is 4.90 Å². The van der Waals surface area contributed by atoms with Crippen LogP contribution in [0, 0.1) is 5.82 Å². The molecule has 0 radical (unpaired) electrons. The fraction of sp³-hybridized carbons (Fsp3) is 0.385. The summed E-state index contributed by atoms with van der Waals surface area (Å²) >= 11 is 0. The number of hydrogen-bond acceptors (Lipinski definition) is 3. The van der Waals surface area contributed by atoms with Gasteiger partial charge in [-0.1, -0.05) is 6.07 Å². The molecule has 0 unspecified atom stereocenters. The van der Waals surface area contributed by atoms with Gasteiger partial charge in [-0.3, -0.25) is 9.59 Å². The Morgan fingerprint density at radius 3 is 2.67 bits per heavy atom. The summed E-state index contributed by atoms with van der Waals surface area (Å²) in [5, 5.41) is 0. The molecule has 0 N–H and O–H groups in total. The van der Waals surface area contributed by atoms with Crippen LogP contribution in [-0.2, 0) is 4.79 Å². The van der Waals surface area contributed by atoms with Gasteiger partial charge >= 0.3 is 0 Å². The summed E-state index contributed by atoms with van der Waals surface area (Å²) in [5.41, 5.74) is 0.568. The normalized spacial score (nSPS) is 16.1. The molecule has 0 bridgehead atoms. The van der Waals surface area contributed by atoms with Gasteiger partial charge in [0.1, 0.15) is 5.82 Å². The number of ketones is 1. The number of rotatable bonds is 2. The van der Waals surface area contributed by atoms with Gasteiger partial charge in [0.15, 0.2) is 5.78 Å². The molecule has 1 fully saturated rings. The largest absolute Gasteiger partial charge is 0.360 e. The van der Waals surface area contributed by atoms with Crippen LogP contribution in [0.1, 0.15) is 17.3 Å². The molecule has 0 aliphatic carbocycles. The zero-order chi connectivity index (χ0) is 13.3. The highest BCUT2D eigenvalue weighted by Crippen LogP contribution is 2.24. The summed E-state index contributed by atoms with van der Waals surface area (Å²) in [6.45, 7) is 2.69. The van der Waals surface area contributed by atoms with Gasteiger partial charge in [0.25, 0.3) is 0 Å². The average Bonchev–Trinajstić information content (AvgIpc) is 2.32. The summed E-state index contributed by atoms with van der Waals surface area (Å²) in [6.07, 6.45) is 0. The van der Waals surface area contributed by atoms with Crippen LogP contribution in [0.25, 0.3) is 0 Å². The van der Waals surface area contributed by atoms with Crippen LogP contribution in [0.15, 0.2) is 18.2 Å². The maximum absolute atomic E-state index is 13.7. The lowest BCUT2D eigenvalue weighted by atomic mass is 10.1. The number of halogens is 1. The minimum absolute atomic E-state index is 0.0278. The van der Waals surface area contributed by atoms with Crippen molar-refractivity contribution in [3.05, 3.63) is 29.6 Å². The number of benzene rings is 1. The number of likely N-dealkylation sites (N-methyl/N-ethyl adjacent to an activating group) is 1. The van der Waals surface area contributed by atoms with Gasteiger partial charge in [-0.2, -0.15) is 0 Å². The highest BCUT2D eigenvalue weighted by Gasteiger charge is 2.25. The van der Waals surface area contributed by atoms with Crippen molar-refractivity contribution in [3.8, 4) is 0 Å². The van der Waals surface area contributed by atoms with Crippen molar-refractivity contribution >= 4 is 17.4 Å². The zero-order valence-electron chi connectivity index (χ0n) is 10.4. The third-order valence-electron chi connectivity index (χ3n) is 3.14. The van der Waals surface area contributed by atoms with Gasteiger partial charge in [-0.25, -0.2) is 4.39 Å². The van der Waals surface area contributed by atoms with E-state index in [9.17, 15) is 14.0 Å². The fourth-order valence-electron chi connectivity index (χ4n) is 2.09. The van der Waals surface area contributed by atoms with Gasteiger partial charge in [0.2, 0.25) is 5.91 Å². The Morgan fingerprint density at radius 1 is 1.33 bits per heavy atom. The second-order valence-corrected chi connectivity index (χ2v) is 4.43. The Morgan fingerprint density at radius 2 is 2.06 bits per heavy atom. The fourth-order valence-corrected chi connectivity index (χ4v) is 2.09. The monoisotopic (exact) mass is 250 g/mol. The Hall–Kier alpha value is -1.91. The first-order chi connectivity index (χ1) is 8.50. The molecule has 18 heavy (non-hydrogen) atoms. The number of piperazine rings is 1. The van der Waals surface area contributed by atoms with E-state index in [2.05, 4.69) is 0 Å². The molecule has 2 rings (SSSR count). The van der Waals surface area contributed by atoms with Crippen LogP contribution in [0.4, 0.5) is 10.1 Å². The lowest BCUT2D eigenvalue weighted by molar-refractivity contribution is -0.129. The number of amides is 1. The topological polar surface area (TPSA) is 40.6 Å². The molecule has 0 atom stereocenters. The second-order valence-electron chi connectivity index (χ2n) is 4.43. The Labute approximate surface area is 105 Å². The minimum atomic E-state index is -0.536. The van der Waals surface area contributed by atoms with Crippen molar-refractivity contribution < 1.29 is 14.0 Å². The summed E-state index contributed by atoms with van der Waals surface area (Å²) < 4.78 is 13.7. The molecule has 0 spiro atoms. The number of carbonyl (C=O) groups excluding carboxylic acids is 2. The first kappa shape index (κ1) is 12.5. The molecule has 0 saturated carbocycles.